The van der Waals surface area contributed by atoms with Crippen molar-refractivity contribution in [3.63, 3.8) is 0 Å². The molecule has 3 nitrogen and oxygen atoms in total. The van der Waals surface area contributed by atoms with Gasteiger partial charge in [0, 0.05) is 42.9 Å². The van der Waals surface area contributed by atoms with Crippen molar-refractivity contribution in [2.45, 2.75) is 45.0 Å². The molecule has 1 saturated heterocycles. The van der Waals surface area contributed by atoms with Crippen molar-refractivity contribution in [3.05, 3.63) is 23.9 Å². The Morgan fingerprint density at radius 1 is 1.53 bits per heavy atom. The van der Waals surface area contributed by atoms with Gasteiger partial charge >= 0.3 is 0 Å². The van der Waals surface area contributed by atoms with Gasteiger partial charge in [-0.1, -0.05) is 20.8 Å². The molecule has 1 aromatic heterocycles. The van der Waals surface area contributed by atoms with Crippen molar-refractivity contribution in [3.8, 4) is 0 Å². The van der Waals surface area contributed by atoms with E-state index in [0.29, 0.717) is 6.04 Å². The molecule has 106 valence electrons. The van der Waals surface area contributed by atoms with Crippen LogP contribution in [0.15, 0.2) is 18.3 Å². The van der Waals surface area contributed by atoms with Gasteiger partial charge in [0.05, 0.1) is 0 Å². The van der Waals surface area contributed by atoms with Crippen molar-refractivity contribution in [2.75, 3.05) is 23.7 Å². The number of nitrogens with one attached hydrogen (secondary N) is 1. The van der Waals surface area contributed by atoms with Crippen LogP contribution < -0.4 is 10.2 Å². The van der Waals surface area contributed by atoms with Gasteiger partial charge in [0.1, 0.15) is 5.82 Å². The second-order valence-corrected chi connectivity index (χ2v) is 6.81. The highest BCUT2D eigenvalue weighted by Gasteiger charge is 2.19. The minimum atomic E-state index is 0.521. The Hall–Kier alpha value is -0.740. The summed E-state index contributed by atoms with van der Waals surface area (Å²) in [5.74, 6) is 2.36. The second kappa shape index (κ2) is 7.15. The van der Waals surface area contributed by atoms with E-state index in [1.165, 1.54) is 17.7 Å². The van der Waals surface area contributed by atoms with Crippen molar-refractivity contribution in [2.24, 2.45) is 0 Å². The molecule has 2 rings (SSSR count). The first-order valence-corrected chi connectivity index (χ1v) is 8.28. The van der Waals surface area contributed by atoms with Crippen molar-refractivity contribution >= 4 is 17.6 Å². The number of nitrogens with zero attached hydrogens (tertiary/aromatic N) is 2. The number of rotatable bonds is 5. The molecule has 0 radical (unpaired) electrons. The van der Waals surface area contributed by atoms with Crippen molar-refractivity contribution < 1.29 is 0 Å². The van der Waals surface area contributed by atoms with E-state index in [2.05, 4.69) is 59.9 Å². The molecule has 0 spiro atoms. The van der Waals surface area contributed by atoms with Crippen LogP contribution in [0.5, 0.6) is 0 Å². The molecule has 1 aromatic rings. The maximum atomic E-state index is 4.55. The lowest BCUT2D eigenvalue weighted by atomic mass is 10.2. The fourth-order valence-electron chi connectivity index (χ4n) is 2.24. The SMILES string of the molecule is CCC1CN(c2cc(CNC(C)C)ccn2)CCS1. The number of aromatic nitrogens is 1. The first kappa shape index (κ1) is 14.7. The molecule has 1 aliphatic rings. The molecule has 0 bridgehead atoms. The summed E-state index contributed by atoms with van der Waals surface area (Å²) in [6.07, 6.45) is 3.19. The van der Waals surface area contributed by atoms with Crippen molar-refractivity contribution in [1.29, 1.82) is 0 Å². The zero-order valence-electron chi connectivity index (χ0n) is 12.2. The summed E-state index contributed by atoms with van der Waals surface area (Å²) >= 11 is 2.10. The fourth-order valence-corrected chi connectivity index (χ4v) is 3.42. The molecular formula is C15H25N3S. The number of hydrogen-bond acceptors (Lipinski definition) is 4. The van der Waals surface area contributed by atoms with Gasteiger partial charge in [-0.15, -0.1) is 0 Å². The summed E-state index contributed by atoms with van der Waals surface area (Å²) in [4.78, 5) is 6.98. The Bertz CT molecular complexity index is 395. The van der Waals surface area contributed by atoms with E-state index in [-0.39, 0.29) is 0 Å². The van der Waals surface area contributed by atoms with Crippen LogP contribution in [0.3, 0.4) is 0 Å². The Balaban J connectivity index is 2.01. The number of anilines is 1. The molecule has 1 unspecified atom stereocenters. The molecule has 1 aliphatic heterocycles. The van der Waals surface area contributed by atoms with Crippen LogP contribution in [0.25, 0.3) is 0 Å². The van der Waals surface area contributed by atoms with Gasteiger partial charge in [-0.05, 0) is 24.1 Å². The van der Waals surface area contributed by atoms with E-state index >= 15 is 0 Å². The Morgan fingerprint density at radius 2 is 2.37 bits per heavy atom. The van der Waals surface area contributed by atoms with Crippen molar-refractivity contribution in [1.82, 2.24) is 10.3 Å². The summed E-state index contributed by atoms with van der Waals surface area (Å²) in [5, 5.41) is 4.22. The zero-order valence-corrected chi connectivity index (χ0v) is 13.0. The molecule has 1 atom stereocenters. The molecule has 0 saturated carbocycles. The summed E-state index contributed by atoms with van der Waals surface area (Å²) in [6.45, 7) is 9.81. The third-order valence-corrected chi connectivity index (χ3v) is 4.81. The van der Waals surface area contributed by atoms with E-state index in [1.807, 2.05) is 6.20 Å². The molecule has 1 N–H and O–H groups in total. The van der Waals surface area contributed by atoms with Crippen LogP contribution in [0, 0.1) is 0 Å². The predicted molar refractivity (Wildman–Crippen MR) is 85.0 cm³/mol. The minimum Gasteiger partial charge on any atom is -0.355 e. The lowest BCUT2D eigenvalue weighted by Crippen LogP contribution is -2.38. The Kier molecular flexibility index (Phi) is 5.52. The van der Waals surface area contributed by atoms with Crippen LogP contribution in [-0.4, -0.2) is 35.1 Å². The van der Waals surface area contributed by atoms with E-state index in [1.54, 1.807) is 0 Å². The quantitative estimate of drug-likeness (QED) is 0.897. The van der Waals surface area contributed by atoms with Gasteiger partial charge < -0.3 is 10.2 Å². The molecule has 4 heteroatoms. The highest BCUT2D eigenvalue weighted by Crippen LogP contribution is 2.24. The number of pyridine rings is 1. The van der Waals surface area contributed by atoms with Gasteiger partial charge in [-0.3, -0.25) is 0 Å². The third kappa shape index (κ3) is 4.39. The maximum absolute atomic E-state index is 4.55. The molecule has 1 fully saturated rings. The zero-order chi connectivity index (χ0) is 13.7. The third-order valence-electron chi connectivity index (χ3n) is 3.44. The van der Waals surface area contributed by atoms with Gasteiger partial charge in [0.15, 0.2) is 0 Å². The summed E-state index contributed by atoms with van der Waals surface area (Å²) in [5.41, 5.74) is 1.32. The standard InChI is InChI=1S/C15H25N3S/c1-4-14-11-18(7-8-19-14)15-9-13(5-6-16-15)10-17-12(2)3/h5-6,9,12,14,17H,4,7-8,10-11H2,1-3H3. The van der Waals surface area contributed by atoms with E-state index in [9.17, 15) is 0 Å². The van der Waals surface area contributed by atoms with E-state index in [4.69, 9.17) is 0 Å². The second-order valence-electron chi connectivity index (χ2n) is 5.40. The monoisotopic (exact) mass is 279 g/mol. The molecule has 2 heterocycles. The summed E-state index contributed by atoms with van der Waals surface area (Å²) in [7, 11) is 0. The highest BCUT2D eigenvalue weighted by atomic mass is 32.2. The number of hydrogen-bond donors (Lipinski definition) is 1. The van der Waals surface area contributed by atoms with Crippen LogP contribution in [0.1, 0.15) is 32.8 Å². The predicted octanol–water partition coefficient (Wildman–Crippen LogP) is 2.91. The number of thioether (sulfide) groups is 1. The summed E-state index contributed by atoms with van der Waals surface area (Å²) in [6, 6.07) is 4.86. The van der Waals surface area contributed by atoms with Gasteiger partial charge in [-0.2, -0.15) is 11.8 Å². The summed E-state index contributed by atoms with van der Waals surface area (Å²) < 4.78 is 0. The normalized spacial score (nSPS) is 20.0. The topological polar surface area (TPSA) is 28.2 Å². The largest absolute Gasteiger partial charge is 0.355 e. The fraction of sp³-hybridized carbons (Fsp3) is 0.667. The average molecular weight is 279 g/mol. The highest BCUT2D eigenvalue weighted by molar-refractivity contribution is 8.00. The van der Waals surface area contributed by atoms with Crippen LogP contribution in [0.4, 0.5) is 5.82 Å². The van der Waals surface area contributed by atoms with Crippen LogP contribution in [0.2, 0.25) is 0 Å². The Morgan fingerprint density at radius 3 is 3.11 bits per heavy atom. The maximum Gasteiger partial charge on any atom is 0.128 e. The lowest BCUT2D eigenvalue weighted by molar-refractivity contribution is 0.588. The van der Waals surface area contributed by atoms with Crippen LogP contribution in [-0.2, 0) is 6.54 Å². The molecule has 0 aliphatic carbocycles. The molecular weight excluding hydrogens is 254 g/mol. The molecule has 19 heavy (non-hydrogen) atoms. The van der Waals surface area contributed by atoms with Gasteiger partial charge in [0.25, 0.3) is 0 Å². The first-order chi connectivity index (χ1) is 9.19. The first-order valence-electron chi connectivity index (χ1n) is 7.24. The van der Waals surface area contributed by atoms with E-state index < -0.39 is 0 Å². The average Bonchev–Trinajstić information content (AvgIpc) is 2.45. The molecule has 0 aromatic carbocycles. The lowest BCUT2D eigenvalue weighted by Gasteiger charge is -2.33. The molecule has 0 amide bonds. The Labute approximate surface area is 121 Å². The van der Waals surface area contributed by atoms with Gasteiger partial charge in [-0.25, -0.2) is 4.98 Å². The minimum absolute atomic E-state index is 0.521. The van der Waals surface area contributed by atoms with Gasteiger partial charge in [0.2, 0.25) is 0 Å². The van der Waals surface area contributed by atoms with Crippen LogP contribution >= 0.6 is 11.8 Å². The van der Waals surface area contributed by atoms with E-state index in [0.717, 1.165) is 30.7 Å². The smallest absolute Gasteiger partial charge is 0.128 e.